The summed E-state index contributed by atoms with van der Waals surface area (Å²) in [5.74, 6) is -1.08. The van der Waals surface area contributed by atoms with Gasteiger partial charge < -0.3 is 10.2 Å². The second-order valence-corrected chi connectivity index (χ2v) is 7.91. The maximum atomic E-state index is 12.7. The third-order valence-electron chi connectivity index (χ3n) is 5.33. The molecule has 2 N–H and O–H groups in total. The molecule has 7 nitrogen and oxygen atoms in total. The van der Waals surface area contributed by atoms with Crippen LogP contribution in [0.2, 0.25) is 5.02 Å². The summed E-state index contributed by atoms with van der Waals surface area (Å²) in [5.41, 5.74) is 3.06. The van der Waals surface area contributed by atoms with Gasteiger partial charge in [0.05, 0.1) is 6.42 Å². The standard InChI is InChI=1S/C22H20ClN3O4/c23-16-3-1-2-13(9-16)10-20(28)24-11-14-4-5-17-15(8-14)12-26(22(17)30)18-6-7-19(27)25-21(18)29/h1-5,8-9,18H,6-7,10-12H2,(H,24,28)(H,25,27,29). The van der Waals surface area contributed by atoms with E-state index in [2.05, 4.69) is 10.6 Å². The van der Waals surface area contributed by atoms with E-state index < -0.39 is 11.9 Å². The largest absolute Gasteiger partial charge is 0.352 e. The molecule has 4 rings (SSSR count). The molecule has 1 unspecified atom stereocenters. The highest BCUT2D eigenvalue weighted by molar-refractivity contribution is 6.30. The molecule has 1 atom stereocenters. The summed E-state index contributed by atoms with van der Waals surface area (Å²) in [6, 6.07) is 11.9. The van der Waals surface area contributed by atoms with Crippen LogP contribution in [0.4, 0.5) is 0 Å². The Kier molecular flexibility index (Phi) is 5.55. The first-order valence-electron chi connectivity index (χ1n) is 9.68. The molecule has 154 valence electrons. The number of carbonyl (C=O) groups excluding carboxylic acids is 4. The molecule has 4 amide bonds. The summed E-state index contributed by atoms with van der Waals surface area (Å²) in [6.07, 6.45) is 0.782. The summed E-state index contributed by atoms with van der Waals surface area (Å²) >= 11 is 5.95. The zero-order chi connectivity index (χ0) is 21.3. The summed E-state index contributed by atoms with van der Waals surface area (Å²) < 4.78 is 0. The second-order valence-electron chi connectivity index (χ2n) is 7.47. The van der Waals surface area contributed by atoms with Gasteiger partial charge in [-0.05, 0) is 41.3 Å². The van der Waals surface area contributed by atoms with Gasteiger partial charge in [0.2, 0.25) is 17.7 Å². The Balaban J connectivity index is 1.38. The monoisotopic (exact) mass is 425 g/mol. The molecule has 0 aliphatic carbocycles. The van der Waals surface area contributed by atoms with Crippen LogP contribution in [0.3, 0.4) is 0 Å². The first-order valence-corrected chi connectivity index (χ1v) is 10.1. The van der Waals surface area contributed by atoms with E-state index in [0.29, 0.717) is 30.1 Å². The van der Waals surface area contributed by atoms with E-state index in [1.54, 1.807) is 30.3 Å². The average molecular weight is 426 g/mol. The topological polar surface area (TPSA) is 95.6 Å². The van der Waals surface area contributed by atoms with Crippen molar-refractivity contribution in [2.24, 2.45) is 0 Å². The molecule has 8 heteroatoms. The lowest BCUT2D eigenvalue weighted by molar-refractivity contribution is -0.137. The normalized spacial score (nSPS) is 18.2. The summed E-state index contributed by atoms with van der Waals surface area (Å²) in [4.78, 5) is 49.9. The minimum absolute atomic E-state index is 0.126. The Morgan fingerprint density at radius 1 is 1.13 bits per heavy atom. The third kappa shape index (κ3) is 4.21. The highest BCUT2D eigenvalue weighted by atomic mass is 35.5. The maximum Gasteiger partial charge on any atom is 0.255 e. The molecule has 30 heavy (non-hydrogen) atoms. The van der Waals surface area contributed by atoms with Crippen molar-refractivity contribution in [1.29, 1.82) is 0 Å². The fourth-order valence-electron chi connectivity index (χ4n) is 3.83. The number of rotatable bonds is 5. The maximum absolute atomic E-state index is 12.7. The van der Waals surface area contributed by atoms with Gasteiger partial charge in [-0.3, -0.25) is 24.5 Å². The van der Waals surface area contributed by atoms with E-state index >= 15 is 0 Å². The number of amides is 4. The molecule has 2 aromatic rings. The summed E-state index contributed by atoms with van der Waals surface area (Å²) in [6.45, 7) is 0.643. The molecule has 0 saturated carbocycles. The van der Waals surface area contributed by atoms with Crippen LogP contribution >= 0.6 is 11.6 Å². The van der Waals surface area contributed by atoms with Gasteiger partial charge in [0.25, 0.3) is 5.91 Å². The number of nitrogens with one attached hydrogen (secondary N) is 2. The van der Waals surface area contributed by atoms with Crippen LogP contribution in [0.1, 0.15) is 39.9 Å². The first kappa shape index (κ1) is 20.1. The predicted octanol–water partition coefficient (Wildman–Crippen LogP) is 1.96. The van der Waals surface area contributed by atoms with Crippen LogP contribution in [-0.2, 0) is 33.9 Å². The van der Waals surface area contributed by atoms with Gasteiger partial charge in [-0.2, -0.15) is 0 Å². The lowest BCUT2D eigenvalue weighted by Crippen LogP contribution is -2.52. The van der Waals surface area contributed by atoms with Crippen LogP contribution in [0.15, 0.2) is 42.5 Å². The van der Waals surface area contributed by atoms with E-state index in [1.807, 2.05) is 12.1 Å². The van der Waals surface area contributed by atoms with Crippen molar-refractivity contribution in [3.8, 4) is 0 Å². The molecule has 1 fully saturated rings. The smallest absolute Gasteiger partial charge is 0.255 e. The van der Waals surface area contributed by atoms with E-state index in [0.717, 1.165) is 16.7 Å². The fraction of sp³-hybridized carbons (Fsp3) is 0.273. The minimum Gasteiger partial charge on any atom is -0.352 e. The number of piperidine rings is 1. The molecule has 0 aromatic heterocycles. The van der Waals surface area contributed by atoms with Gasteiger partial charge in [-0.25, -0.2) is 0 Å². The Hall–Kier alpha value is -3.19. The molecule has 2 aliphatic heterocycles. The molecule has 0 bridgehead atoms. The molecular weight excluding hydrogens is 406 g/mol. The number of hydrogen-bond acceptors (Lipinski definition) is 4. The van der Waals surface area contributed by atoms with Crippen LogP contribution in [-0.4, -0.2) is 34.6 Å². The first-order chi connectivity index (χ1) is 14.4. The van der Waals surface area contributed by atoms with E-state index in [-0.39, 0.29) is 30.6 Å². The Bertz CT molecular complexity index is 1050. The van der Waals surface area contributed by atoms with Gasteiger partial charge in [-0.1, -0.05) is 35.9 Å². The van der Waals surface area contributed by atoms with Crippen LogP contribution in [0.25, 0.3) is 0 Å². The second kappa shape index (κ2) is 8.28. The van der Waals surface area contributed by atoms with Gasteiger partial charge in [0.15, 0.2) is 0 Å². The van der Waals surface area contributed by atoms with Crippen LogP contribution < -0.4 is 10.6 Å². The lowest BCUT2D eigenvalue weighted by Gasteiger charge is -2.29. The predicted molar refractivity (Wildman–Crippen MR) is 109 cm³/mol. The number of benzene rings is 2. The lowest BCUT2D eigenvalue weighted by atomic mass is 10.0. The SMILES string of the molecule is O=C(Cc1cccc(Cl)c1)NCc1ccc2c(c1)CN(C1CCC(=O)NC1=O)C2=O. The van der Waals surface area contributed by atoms with Crippen molar-refractivity contribution >= 4 is 35.2 Å². The van der Waals surface area contributed by atoms with Crippen LogP contribution in [0, 0.1) is 0 Å². The van der Waals surface area contributed by atoms with Gasteiger partial charge in [0.1, 0.15) is 6.04 Å². The molecule has 1 saturated heterocycles. The van der Waals surface area contributed by atoms with Crippen molar-refractivity contribution in [1.82, 2.24) is 15.5 Å². The van der Waals surface area contributed by atoms with Crippen LogP contribution in [0.5, 0.6) is 0 Å². The number of halogens is 1. The quantitative estimate of drug-likeness (QED) is 0.716. The highest BCUT2D eigenvalue weighted by Crippen LogP contribution is 2.28. The third-order valence-corrected chi connectivity index (χ3v) is 5.57. The molecule has 2 aliphatic rings. The van der Waals surface area contributed by atoms with Crippen molar-refractivity contribution in [2.75, 3.05) is 0 Å². The minimum atomic E-state index is -0.636. The number of fused-ring (bicyclic) bond motifs is 1. The van der Waals surface area contributed by atoms with Gasteiger partial charge in [0, 0.05) is 30.1 Å². The Morgan fingerprint density at radius 3 is 2.73 bits per heavy atom. The van der Waals surface area contributed by atoms with Gasteiger partial charge in [-0.15, -0.1) is 0 Å². The van der Waals surface area contributed by atoms with Crippen molar-refractivity contribution < 1.29 is 19.2 Å². The van der Waals surface area contributed by atoms with E-state index in [9.17, 15) is 19.2 Å². The van der Waals surface area contributed by atoms with Gasteiger partial charge >= 0.3 is 0 Å². The van der Waals surface area contributed by atoms with Crippen molar-refractivity contribution in [3.05, 3.63) is 69.7 Å². The highest BCUT2D eigenvalue weighted by Gasteiger charge is 2.39. The Morgan fingerprint density at radius 2 is 1.97 bits per heavy atom. The summed E-state index contributed by atoms with van der Waals surface area (Å²) in [5, 5.41) is 5.75. The number of nitrogens with zero attached hydrogens (tertiary/aromatic N) is 1. The molecular formula is C22H20ClN3O4. The fourth-order valence-corrected chi connectivity index (χ4v) is 4.05. The van der Waals surface area contributed by atoms with E-state index in [4.69, 9.17) is 11.6 Å². The average Bonchev–Trinajstić information content (AvgIpc) is 3.02. The summed E-state index contributed by atoms with van der Waals surface area (Å²) in [7, 11) is 0. The number of hydrogen-bond donors (Lipinski definition) is 2. The molecule has 0 spiro atoms. The Labute approximate surface area is 178 Å². The zero-order valence-electron chi connectivity index (χ0n) is 16.1. The van der Waals surface area contributed by atoms with E-state index in [1.165, 1.54) is 4.90 Å². The van der Waals surface area contributed by atoms with Crippen molar-refractivity contribution in [2.45, 2.75) is 38.4 Å². The molecule has 2 aromatic carbocycles. The molecule has 0 radical (unpaired) electrons. The van der Waals surface area contributed by atoms with Crippen molar-refractivity contribution in [3.63, 3.8) is 0 Å². The molecule has 2 heterocycles. The zero-order valence-corrected chi connectivity index (χ0v) is 16.9. The number of imide groups is 1. The number of carbonyl (C=O) groups is 4.